The maximum absolute atomic E-state index is 11.8. The molecule has 1 aliphatic rings. The molecular formula is C11H13BrClNOS. The molecule has 0 spiro atoms. The van der Waals surface area contributed by atoms with Crippen molar-refractivity contribution in [1.29, 1.82) is 0 Å². The Morgan fingerprint density at radius 3 is 2.88 bits per heavy atom. The largest absolute Gasteiger partial charge is 0.351 e. The van der Waals surface area contributed by atoms with Crippen LogP contribution in [-0.4, -0.2) is 18.3 Å². The molecule has 0 bridgehead atoms. The highest BCUT2D eigenvalue weighted by molar-refractivity contribution is 9.11. The lowest BCUT2D eigenvalue weighted by molar-refractivity contribution is 0.0945. The first-order valence-electron chi connectivity index (χ1n) is 5.23. The SMILES string of the molecule is O=C(NCC1(CCCl)CC1)c1csc(Br)c1. The topological polar surface area (TPSA) is 29.1 Å². The highest BCUT2D eigenvalue weighted by atomic mass is 79.9. The van der Waals surface area contributed by atoms with Crippen LogP contribution in [0.15, 0.2) is 15.2 Å². The summed E-state index contributed by atoms with van der Waals surface area (Å²) in [5.74, 6) is 0.697. The molecule has 88 valence electrons. The molecule has 1 saturated carbocycles. The monoisotopic (exact) mass is 321 g/mol. The van der Waals surface area contributed by atoms with Crippen LogP contribution in [0.25, 0.3) is 0 Å². The van der Waals surface area contributed by atoms with E-state index in [2.05, 4.69) is 21.2 Å². The summed E-state index contributed by atoms with van der Waals surface area (Å²) in [5, 5.41) is 4.85. The highest BCUT2D eigenvalue weighted by Crippen LogP contribution is 2.48. The lowest BCUT2D eigenvalue weighted by Crippen LogP contribution is -2.30. The fraction of sp³-hybridized carbons (Fsp3) is 0.545. The van der Waals surface area contributed by atoms with Gasteiger partial charge in [0.1, 0.15) is 0 Å². The van der Waals surface area contributed by atoms with Gasteiger partial charge < -0.3 is 5.32 Å². The third-order valence-corrected chi connectivity index (χ3v) is 4.73. The second-order valence-corrected chi connectivity index (χ2v) is 6.93. The van der Waals surface area contributed by atoms with E-state index in [9.17, 15) is 4.79 Å². The number of amides is 1. The number of carbonyl (C=O) groups excluding carboxylic acids is 1. The molecule has 1 aromatic rings. The first-order chi connectivity index (χ1) is 7.65. The van der Waals surface area contributed by atoms with Crippen molar-refractivity contribution in [3.8, 4) is 0 Å². The number of thiophene rings is 1. The predicted octanol–water partition coefficient (Wildman–Crippen LogP) is 3.65. The van der Waals surface area contributed by atoms with E-state index in [-0.39, 0.29) is 5.91 Å². The third kappa shape index (κ3) is 2.99. The van der Waals surface area contributed by atoms with Gasteiger partial charge in [-0.05, 0) is 46.7 Å². The first kappa shape index (κ1) is 12.4. The number of alkyl halides is 1. The van der Waals surface area contributed by atoms with E-state index in [0.717, 1.165) is 22.3 Å². The van der Waals surface area contributed by atoms with Gasteiger partial charge in [0.25, 0.3) is 5.91 Å². The minimum Gasteiger partial charge on any atom is -0.351 e. The van der Waals surface area contributed by atoms with Gasteiger partial charge in [0.2, 0.25) is 0 Å². The number of halogens is 2. The molecule has 0 aromatic carbocycles. The summed E-state index contributed by atoms with van der Waals surface area (Å²) in [5.41, 5.74) is 1.03. The summed E-state index contributed by atoms with van der Waals surface area (Å²) in [4.78, 5) is 11.8. The highest BCUT2D eigenvalue weighted by Gasteiger charge is 2.41. The van der Waals surface area contributed by atoms with Crippen LogP contribution in [0.2, 0.25) is 0 Å². The first-order valence-corrected chi connectivity index (χ1v) is 7.44. The summed E-state index contributed by atoms with van der Waals surface area (Å²) >= 11 is 10.6. The van der Waals surface area contributed by atoms with Gasteiger partial charge in [-0.25, -0.2) is 0 Å². The molecule has 0 aliphatic heterocycles. The number of nitrogens with one attached hydrogen (secondary N) is 1. The van der Waals surface area contributed by atoms with Crippen LogP contribution in [0.1, 0.15) is 29.6 Å². The Kier molecular flexibility index (Phi) is 3.93. The van der Waals surface area contributed by atoms with Crippen molar-refractivity contribution in [1.82, 2.24) is 5.32 Å². The van der Waals surface area contributed by atoms with Crippen LogP contribution in [0.4, 0.5) is 0 Å². The van der Waals surface area contributed by atoms with E-state index in [1.165, 1.54) is 24.2 Å². The number of hydrogen-bond donors (Lipinski definition) is 1. The van der Waals surface area contributed by atoms with Gasteiger partial charge in [0.05, 0.1) is 9.35 Å². The fourth-order valence-electron chi connectivity index (χ4n) is 1.69. The smallest absolute Gasteiger partial charge is 0.252 e. The van der Waals surface area contributed by atoms with Crippen LogP contribution >= 0.6 is 38.9 Å². The summed E-state index contributed by atoms with van der Waals surface area (Å²) in [6.45, 7) is 0.756. The number of hydrogen-bond acceptors (Lipinski definition) is 2. The van der Waals surface area contributed by atoms with Crippen LogP contribution in [0, 0.1) is 5.41 Å². The van der Waals surface area contributed by atoms with E-state index >= 15 is 0 Å². The molecule has 16 heavy (non-hydrogen) atoms. The van der Waals surface area contributed by atoms with Crippen molar-refractivity contribution in [2.45, 2.75) is 19.3 Å². The average molecular weight is 323 g/mol. The molecule has 1 amide bonds. The zero-order valence-corrected chi connectivity index (χ0v) is 11.9. The van der Waals surface area contributed by atoms with Gasteiger partial charge in [-0.2, -0.15) is 0 Å². The molecule has 1 aliphatic carbocycles. The molecule has 1 heterocycles. The Bertz CT molecular complexity index is 389. The van der Waals surface area contributed by atoms with Gasteiger partial charge in [-0.3, -0.25) is 4.79 Å². The van der Waals surface area contributed by atoms with E-state index in [1.807, 2.05) is 11.4 Å². The molecule has 0 unspecified atom stereocenters. The van der Waals surface area contributed by atoms with Crippen molar-refractivity contribution in [2.24, 2.45) is 5.41 Å². The minimum absolute atomic E-state index is 0.0165. The quantitative estimate of drug-likeness (QED) is 0.824. The Morgan fingerprint density at radius 2 is 2.38 bits per heavy atom. The van der Waals surface area contributed by atoms with E-state index < -0.39 is 0 Å². The van der Waals surface area contributed by atoms with Crippen molar-refractivity contribution < 1.29 is 4.79 Å². The lowest BCUT2D eigenvalue weighted by atomic mass is 10.0. The summed E-state index contributed by atoms with van der Waals surface area (Å²) in [6.07, 6.45) is 3.38. The maximum atomic E-state index is 11.8. The maximum Gasteiger partial charge on any atom is 0.252 e. The Balaban J connectivity index is 1.84. The van der Waals surface area contributed by atoms with Crippen molar-refractivity contribution in [3.05, 3.63) is 20.8 Å². The standard InChI is InChI=1S/C11H13BrClNOS/c12-9-5-8(6-16-9)10(15)14-7-11(1-2-11)3-4-13/h5-6H,1-4,7H2,(H,14,15). The van der Waals surface area contributed by atoms with Gasteiger partial charge in [-0.15, -0.1) is 22.9 Å². The zero-order chi connectivity index (χ0) is 11.6. The van der Waals surface area contributed by atoms with Crippen molar-refractivity contribution in [2.75, 3.05) is 12.4 Å². The molecular weight excluding hydrogens is 310 g/mol. The third-order valence-electron chi connectivity index (χ3n) is 3.04. The van der Waals surface area contributed by atoms with Crippen molar-refractivity contribution in [3.63, 3.8) is 0 Å². The second-order valence-electron chi connectivity index (χ2n) is 4.26. The molecule has 2 nitrogen and oxygen atoms in total. The van der Waals surface area contributed by atoms with E-state index in [1.54, 1.807) is 0 Å². The molecule has 0 radical (unpaired) electrons. The lowest BCUT2D eigenvalue weighted by Gasteiger charge is -2.13. The van der Waals surface area contributed by atoms with Gasteiger partial charge in [0, 0.05) is 17.8 Å². The number of rotatable bonds is 5. The molecule has 1 N–H and O–H groups in total. The normalized spacial score (nSPS) is 17.1. The average Bonchev–Trinajstić information content (AvgIpc) is 2.89. The predicted molar refractivity (Wildman–Crippen MR) is 71.4 cm³/mol. The van der Waals surface area contributed by atoms with E-state index in [0.29, 0.717) is 11.3 Å². The van der Waals surface area contributed by atoms with Crippen LogP contribution < -0.4 is 5.32 Å². The second kappa shape index (κ2) is 5.07. The molecule has 2 rings (SSSR count). The van der Waals surface area contributed by atoms with Crippen molar-refractivity contribution >= 4 is 44.8 Å². The van der Waals surface area contributed by atoms with Gasteiger partial charge in [-0.1, -0.05) is 0 Å². The Hall–Kier alpha value is -0.0600. The summed E-state index contributed by atoms with van der Waals surface area (Å²) in [7, 11) is 0. The molecule has 5 heteroatoms. The molecule has 1 aromatic heterocycles. The zero-order valence-electron chi connectivity index (χ0n) is 8.76. The molecule has 0 saturated heterocycles. The van der Waals surface area contributed by atoms with Crippen LogP contribution in [-0.2, 0) is 0 Å². The van der Waals surface area contributed by atoms with Crippen LogP contribution in [0.3, 0.4) is 0 Å². The fourth-order valence-corrected chi connectivity index (χ4v) is 3.23. The Morgan fingerprint density at radius 1 is 1.62 bits per heavy atom. The summed E-state index contributed by atoms with van der Waals surface area (Å²) < 4.78 is 0.986. The minimum atomic E-state index is 0.0165. The van der Waals surface area contributed by atoms with Gasteiger partial charge >= 0.3 is 0 Å². The Labute approximate surface area is 113 Å². The molecule has 1 fully saturated rings. The summed E-state index contributed by atoms with van der Waals surface area (Å²) in [6, 6.07) is 1.85. The number of carbonyl (C=O) groups is 1. The van der Waals surface area contributed by atoms with Gasteiger partial charge in [0.15, 0.2) is 0 Å². The molecule has 0 atom stereocenters. The van der Waals surface area contributed by atoms with Crippen LogP contribution in [0.5, 0.6) is 0 Å². The van der Waals surface area contributed by atoms with E-state index in [4.69, 9.17) is 11.6 Å².